The summed E-state index contributed by atoms with van der Waals surface area (Å²) in [5.74, 6) is 1.17. The van der Waals surface area contributed by atoms with Crippen LogP contribution in [0.3, 0.4) is 0 Å². The number of hydrogen-bond acceptors (Lipinski definition) is 3. The maximum Gasteiger partial charge on any atom is 0.142 e. The Morgan fingerprint density at radius 2 is 2.29 bits per heavy atom. The third-order valence-corrected chi connectivity index (χ3v) is 3.25. The summed E-state index contributed by atoms with van der Waals surface area (Å²) in [7, 11) is 0. The lowest BCUT2D eigenvalue weighted by Gasteiger charge is -2.00. The smallest absolute Gasteiger partial charge is 0.142 e. The Morgan fingerprint density at radius 3 is 3.00 bits per heavy atom. The Balaban J connectivity index is 1.86. The van der Waals surface area contributed by atoms with Crippen molar-refractivity contribution in [2.45, 2.75) is 19.4 Å². The van der Waals surface area contributed by atoms with Gasteiger partial charge in [0, 0.05) is 24.5 Å². The van der Waals surface area contributed by atoms with E-state index in [-0.39, 0.29) is 0 Å². The van der Waals surface area contributed by atoms with Crippen LogP contribution in [0.15, 0.2) is 24.5 Å². The molecule has 5 heteroatoms. The van der Waals surface area contributed by atoms with E-state index in [0.717, 1.165) is 23.7 Å². The number of rotatable bonds is 3. The van der Waals surface area contributed by atoms with Gasteiger partial charge in [-0.2, -0.15) is 5.10 Å². The maximum atomic E-state index is 5.94. The molecule has 88 valence electrons. The molecule has 4 nitrogen and oxygen atoms in total. The lowest BCUT2D eigenvalue weighted by Crippen LogP contribution is -2.00. The molecule has 0 saturated heterocycles. The zero-order chi connectivity index (χ0) is 11.8. The first-order valence-corrected chi connectivity index (χ1v) is 6.05. The summed E-state index contributed by atoms with van der Waals surface area (Å²) in [6, 6.07) is 3.78. The summed E-state index contributed by atoms with van der Waals surface area (Å²) in [5.41, 5.74) is 7.37. The second-order valence-electron chi connectivity index (χ2n) is 4.46. The fourth-order valence-corrected chi connectivity index (χ4v) is 1.94. The fraction of sp³-hybridized carbons (Fsp3) is 0.333. The van der Waals surface area contributed by atoms with Crippen LogP contribution in [0.25, 0.3) is 11.3 Å². The first-order valence-electron chi connectivity index (χ1n) is 5.67. The molecule has 0 amide bonds. The third kappa shape index (κ3) is 2.26. The average Bonchev–Trinajstić information content (AvgIpc) is 2.99. The second kappa shape index (κ2) is 4.04. The fourth-order valence-electron chi connectivity index (χ4n) is 1.77. The van der Waals surface area contributed by atoms with E-state index < -0.39 is 0 Å². The van der Waals surface area contributed by atoms with Crippen molar-refractivity contribution in [2.75, 3.05) is 5.73 Å². The average molecular weight is 249 g/mol. The zero-order valence-electron chi connectivity index (χ0n) is 9.31. The molecule has 1 aliphatic rings. The zero-order valence-corrected chi connectivity index (χ0v) is 10.1. The number of anilines is 1. The normalized spacial score (nSPS) is 15.1. The molecule has 2 N–H and O–H groups in total. The molecule has 0 bridgehead atoms. The van der Waals surface area contributed by atoms with Crippen LogP contribution in [-0.2, 0) is 6.54 Å². The number of hydrogen-bond donors (Lipinski definition) is 1. The molecule has 2 aromatic rings. The summed E-state index contributed by atoms with van der Waals surface area (Å²) >= 11 is 5.94. The van der Waals surface area contributed by atoms with Crippen molar-refractivity contribution in [1.29, 1.82) is 0 Å². The third-order valence-electron chi connectivity index (χ3n) is 2.95. The highest BCUT2D eigenvalue weighted by molar-refractivity contribution is 6.33. The van der Waals surface area contributed by atoms with Gasteiger partial charge in [-0.15, -0.1) is 0 Å². The number of nitrogen functional groups attached to an aromatic ring is 1. The van der Waals surface area contributed by atoms with Crippen molar-refractivity contribution >= 4 is 17.4 Å². The van der Waals surface area contributed by atoms with Crippen molar-refractivity contribution in [3.63, 3.8) is 0 Å². The van der Waals surface area contributed by atoms with Crippen molar-refractivity contribution < 1.29 is 0 Å². The van der Waals surface area contributed by atoms with Gasteiger partial charge < -0.3 is 5.73 Å². The highest BCUT2D eigenvalue weighted by atomic mass is 35.5. The van der Waals surface area contributed by atoms with Crippen molar-refractivity contribution in [3.05, 3.63) is 29.5 Å². The summed E-state index contributed by atoms with van der Waals surface area (Å²) in [5, 5.41) is 4.98. The number of nitrogens with two attached hydrogens (primary N) is 1. The molecule has 1 saturated carbocycles. The van der Waals surface area contributed by atoms with E-state index in [0.29, 0.717) is 10.8 Å². The van der Waals surface area contributed by atoms with Gasteiger partial charge in [0.15, 0.2) is 0 Å². The Kier molecular flexibility index (Phi) is 2.52. The van der Waals surface area contributed by atoms with E-state index in [1.807, 2.05) is 16.9 Å². The van der Waals surface area contributed by atoms with Gasteiger partial charge >= 0.3 is 0 Å². The minimum absolute atomic E-state index is 0.354. The van der Waals surface area contributed by atoms with E-state index in [1.54, 1.807) is 12.3 Å². The molecule has 0 radical (unpaired) electrons. The summed E-state index contributed by atoms with van der Waals surface area (Å²) < 4.78 is 1.98. The lowest BCUT2D eigenvalue weighted by molar-refractivity contribution is 0.564. The Hall–Kier alpha value is -1.55. The van der Waals surface area contributed by atoms with Gasteiger partial charge in [-0.25, -0.2) is 4.98 Å². The van der Waals surface area contributed by atoms with E-state index in [9.17, 15) is 0 Å². The van der Waals surface area contributed by atoms with Crippen LogP contribution in [0.4, 0.5) is 5.82 Å². The Morgan fingerprint density at radius 1 is 1.47 bits per heavy atom. The molecule has 3 rings (SSSR count). The molecule has 17 heavy (non-hydrogen) atoms. The predicted molar refractivity (Wildman–Crippen MR) is 67.6 cm³/mol. The molecular weight excluding hydrogens is 236 g/mol. The maximum absolute atomic E-state index is 5.94. The van der Waals surface area contributed by atoms with Crippen LogP contribution in [0.1, 0.15) is 12.8 Å². The van der Waals surface area contributed by atoms with E-state index in [1.165, 1.54) is 12.8 Å². The highest BCUT2D eigenvalue weighted by Crippen LogP contribution is 2.31. The minimum atomic E-state index is 0.354. The van der Waals surface area contributed by atoms with E-state index in [2.05, 4.69) is 10.1 Å². The van der Waals surface area contributed by atoms with Crippen LogP contribution in [0.2, 0.25) is 5.02 Å². The topological polar surface area (TPSA) is 56.7 Å². The molecule has 0 atom stereocenters. The van der Waals surface area contributed by atoms with Crippen LogP contribution in [0.5, 0.6) is 0 Å². The lowest BCUT2D eigenvalue weighted by atomic mass is 10.2. The van der Waals surface area contributed by atoms with Gasteiger partial charge in [-0.05, 0) is 30.9 Å². The monoisotopic (exact) mass is 248 g/mol. The summed E-state index contributed by atoms with van der Waals surface area (Å²) in [4.78, 5) is 4.03. The molecule has 0 unspecified atom stereocenters. The standard InChI is InChI=1S/C12H13ClN4/c13-10-5-9(6-15-12(10)14)11-3-4-17(16-11)7-8-1-2-8/h3-6,8H,1-2,7H2,(H2,14,15). The number of halogens is 1. The van der Waals surface area contributed by atoms with Crippen LogP contribution >= 0.6 is 11.6 Å². The van der Waals surface area contributed by atoms with Crippen LogP contribution in [0, 0.1) is 5.92 Å². The Bertz CT molecular complexity index is 545. The summed E-state index contributed by atoms with van der Waals surface area (Å²) in [6.07, 6.45) is 6.35. The van der Waals surface area contributed by atoms with Crippen molar-refractivity contribution in [1.82, 2.24) is 14.8 Å². The first kappa shape index (κ1) is 10.6. The van der Waals surface area contributed by atoms with Gasteiger partial charge in [0.1, 0.15) is 5.82 Å². The predicted octanol–water partition coefficient (Wildman–Crippen LogP) is 2.59. The molecule has 1 fully saturated rings. The van der Waals surface area contributed by atoms with Crippen molar-refractivity contribution in [3.8, 4) is 11.3 Å². The van der Waals surface area contributed by atoms with Crippen molar-refractivity contribution in [2.24, 2.45) is 5.92 Å². The van der Waals surface area contributed by atoms with Gasteiger partial charge in [0.2, 0.25) is 0 Å². The quantitative estimate of drug-likeness (QED) is 0.908. The van der Waals surface area contributed by atoms with E-state index in [4.69, 9.17) is 17.3 Å². The summed E-state index contributed by atoms with van der Waals surface area (Å²) in [6.45, 7) is 1.01. The van der Waals surface area contributed by atoms with Gasteiger partial charge in [-0.1, -0.05) is 11.6 Å². The van der Waals surface area contributed by atoms with Crippen LogP contribution < -0.4 is 5.73 Å². The number of pyridine rings is 1. The molecular formula is C12H13ClN4. The molecule has 2 aromatic heterocycles. The number of nitrogens with zero attached hydrogens (tertiary/aromatic N) is 3. The minimum Gasteiger partial charge on any atom is -0.382 e. The molecule has 0 aliphatic heterocycles. The van der Waals surface area contributed by atoms with Crippen LogP contribution in [-0.4, -0.2) is 14.8 Å². The van der Waals surface area contributed by atoms with E-state index >= 15 is 0 Å². The molecule has 0 aromatic carbocycles. The second-order valence-corrected chi connectivity index (χ2v) is 4.86. The molecule has 0 spiro atoms. The Labute approximate surface area is 104 Å². The first-order chi connectivity index (χ1) is 8.22. The SMILES string of the molecule is Nc1ncc(-c2ccn(CC3CC3)n2)cc1Cl. The largest absolute Gasteiger partial charge is 0.382 e. The number of aromatic nitrogens is 3. The van der Waals surface area contributed by atoms with Gasteiger partial charge in [0.25, 0.3) is 0 Å². The highest BCUT2D eigenvalue weighted by Gasteiger charge is 2.22. The van der Waals surface area contributed by atoms with Gasteiger partial charge in [-0.3, -0.25) is 4.68 Å². The van der Waals surface area contributed by atoms with Gasteiger partial charge in [0.05, 0.1) is 10.7 Å². The molecule has 2 heterocycles. The molecule has 1 aliphatic carbocycles.